The molecule has 0 amide bonds. The zero-order chi connectivity index (χ0) is 11.4. The Morgan fingerprint density at radius 1 is 1.50 bits per heavy atom. The molecule has 0 bridgehead atoms. The molecule has 84 valence electrons. The van der Waals surface area contributed by atoms with Gasteiger partial charge in [-0.2, -0.15) is 0 Å². The van der Waals surface area contributed by atoms with E-state index in [1.165, 1.54) is 0 Å². The summed E-state index contributed by atoms with van der Waals surface area (Å²) < 4.78 is 6.54. The van der Waals surface area contributed by atoms with Crippen LogP contribution < -0.4 is 5.56 Å². The first-order valence-corrected chi connectivity index (χ1v) is 5.11. The SMILES string of the molecule is COCCCn1cnc2cnccc2c1=O. The molecule has 0 aliphatic heterocycles. The highest BCUT2D eigenvalue weighted by molar-refractivity contribution is 5.75. The van der Waals surface area contributed by atoms with Gasteiger partial charge in [0.2, 0.25) is 0 Å². The zero-order valence-corrected chi connectivity index (χ0v) is 9.09. The smallest absolute Gasteiger partial charge is 0.261 e. The number of hydrogen-bond donors (Lipinski definition) is 0. The average Bonchev–Trinajstić information content (AvgIpc) is 2.33. The van der Waals surface area contributed by atoms with Crippen molar-refractivity contribution in [2.45, 2.75) is 13.0 Å². The fourth-order valence-corrected chi connectivity index (χ4v) is 1.55. The molecule has 2 aromatic heterocycles. The third-order valence-electron chi connectivity index (χ3n) is 2.37. The highest BCUT2D eigenvalue weighted by Crippen LogP contribution is 2.02. The molecule has 5 nitrogen and oxygen atoms in total. The summed E-state index contributed by atoms with van der Waals surface area (Å²) in [6.07, 6.45) is 5.55. The van der Waals surface area contributed by atoms with E-state index in [0.717, 1.165) is 6.42 Å². The van der Waals surface area contributed by atoms with Crippen molar-refractivity contribution in [2.24, 2.45) is 0 Å². The number of methoxy groups -OCH3 is 1. The first kappa shape index (κ1) is 10.8. The second-order valence-corrected chi connectivity index (χ2v) is 3.48. The predicted octanol–water partition coefficient (Wildman–Crippen LogP) is 0.828. The van der Waals surface area contributed by atoms with Crippen LogP contribution in [0.3, 0.4) is 0 Å². The molecule has 2 aromatic rings. The fourth-order valence-electron chi connectivity index (χ4n) is 1.55. The molecule has 0 aromatic carbocycles. The molecule has 0 fully saturated rings. The van der Waals surface area contributed by atoms with E-state index in [9.17, 15) is 4.79 Å². The quantitative estimate of drug-likeness (QED) is 0.715. The first-order chi connectivity index (χ1) is 7.83. The Kier molecular flexibility index (Phi) is 3.26. The molecule has 0 atom stereocenters. The lowest BCUT2D eigenvalue weighted by molar-refractivity contribution is 0.190. The topological polar surface area (TPSA) is 57.0 Å². The number of aryl methyl sites for hydroxylation is 1. The number of ether oxygens (including phenoxy) is 1. The summed E-state index contributed by atoms with van der Waals surface area (Å²) in [6, 6.07) is 1.69. The molecule has 16 heavy (non-hydrogen) atoms. The van der Waals surface area contributed by atoms with Crippen LogP contribution in [0, 0.1) is 0 Å². The van der Waals surface area contributed by atoms with Crippen molar-refractivity contribution in [3.63, 3.8) is 0 Å². The van der Waals surface area contributed by atoms with Gasteiger partial charge in [-0.3, -0.25) is 14.3 Å². The third kappa shape index (κ3) is 2.09. The van der Waals surface area contributed by atoms with Gasteiger partial charge in [0, 0.05) is 26.5 Å². The van der Waals surface area contributed by atoms with Gasteiger partial charge in [-0.1, -0.05) is 0 Å². The summed E-state index contributed by atoms with van der Waals surface area (Å²) in [5.41, 5.74) is 0.610. The molecule has 0 N–H and O–H groups in total. The molecule has 0 saturated carbocycles. The molecule has 0 aliphatic carbocycles. The van der Waals surface area contributed by atoms with Gasteiger partial charge in [0.05, 0.1) is 23.4 Å². The molecule has 2 rings (SSSR count). The molecule has 0 unspecified atom stereocenters. The van der Waals surface area contributed by atoms with Crippen molar-refractivity contribution in [3.8, 4) is 0 Å². The van der Waals surface area contributed by atoms with Crippen molar-refractivity contribution in [3.05, 3.63) is 35.1 Å². The first-order valence-electron chi connectivity index (χ1n) is 5.11. The number of rotatable bonds is 4. The van der Waals surface area contributed by atoms with Crippen LogP contribution in [0.1, 0.15) is 6.42 Å². The molecule has 5 heteroatoms. The number of hydrogen-bond acceptors (Lipinski definition) is 4. The third-order valence-corrected chi connectivity index (χ3v) is 2.37. The van der Waals surface area contributed by atoms with Crippen LogP contribution >= 0.6 is 0 Å². The normalized spacial score (nSPS) is 10.8. The van der Waals surface area contributed by atoms with Gasteiger partial charge in [-0.05, 0) is 12.5 Å². The molecule has 0 radical (unpaired) electrons. The standard InChI is InChI=1S/C11H13N3O2/c1-16-6-2-5-14-8-13-10-7-12-4-3-9(10)11(14)15/h3-4,7-8H,2,5-6H2,1H3. The predicted molar refractivity (Wildman–Crippen MR) is 60.3 cm³/mol. The van der Waals surface area contributed by atoms with E-state index in [1.54, 1.807) is 36.5 Å². The largest absolute Gasteiger partial charge is 0.385 e. The van der Waals surface area contributed by atoms with Crippen molar-refractivity contribution >= 4 is 10.9 Å². The summed E-state index contributed by atoms with van der Waals surface area (Å²) in [5.74, 6) is 0. The minimum atomic E-state index is -0.0245. The van der Waals surface area contributed by atoms with E-state index in [-0.39, 0.29) is 5.56 Å². The Morgan fingerprint density at radius 3 is 3.19 bits per heavy atom. The monoisotopic (exact) mass is 219 g/mol. The van der Waals surface area contributed by atoms with E-state index >= 15 is 0 Å². The Labute approximate surface area is 92.7 Å². The number of fused-ring (bicyclic) bond motifs is 1. The van der Waals surface area contributed by atoms with Crippen LogP contribution in [0.2, 0.25) is 0 Å². The summed E-state index contributed by atoms with van der Waals surface area (Å²) >= 11 is 0. The maximum absolute atomic E-state index is 12.0. The molecule has 0 saturated heterocycles. The summed E-state index contributed by atoms with van der Waals surface area (Å²) in [5, 5.41) is 0.606. The van der Waals surface area contributed by atoms with Gasteiger partial charge in [0.15, 0.2) is 0 Å². The van der Waals surface area contributed by atoms with E-state index < -0.39 is 0 Å². The van der Waals surface area contributed by atoms with Crippen LogP contribution in [0.25, 0.3) is 10.9 Å². The van der Waals surface area contributed by atoms with Crippen molar-refractivity contribution in [1.82, 2.24) is 14.5 Å². The number of aromatic nitrogens is 3. The Morgan fingerprint density at radius 2 is 2.38 bits per heavy atom. The Bertz CT molecular complexity index is 536. The van der Waals surface area contributed by atoms with Crippen LogP contribution in [0.15, 0.2) is 29.6 Å². The van der Waals surface area contributed by atoms with Crippen molar-refractivity contribution in [1.29, 1.82) is 0 Å². The van der Waals surface area contributed by atoms with Gasteiger partial charge in [-0.15, -0.1) is 0 Å². The lowest BCUT2D eigenvalue weighted by Crippen LogP contribution is -2.21. The lowest BCUT2D eigenvalue weighted by atomic mass is 10.3. The van der Waals surface area contributed by atoms with E-state index in [0.29, 0.717) is 24.1 Å². The molecule has 0 aliphatic rings. The maximum Gasteiger partial charge on any atom is 0.261 e. The summed E-state index contributed by atoms with van der Waals surface area (Å²) in [7, 11) is 1.65. The summed E-state index contributed by atoms with van der Waals surface area (Å²) in [6.45, 7) is 1.26. The highest BCUT2D eigenvalue weighted by Gasteiger charge is 2.02. The minimum absolute atomic E-state index is 0.0245. The lowest BCUT2D eigenvalue weighted by Gasteiger charge is -2.05. The Balaban J connectivity index is 2.33. The molecule has 2 heterocycles. The fraction of sp³-hybridized carbons (Fsp3) is 0.364. The van der Waals surface area contributed by atoms with Crippen LogP contribution in [0.5, 0.6) is 0 Å². The molecule has 0 spiro atoms. The van der Waals surface area contributed by atoms with Crippen molar-refractivity contribution < 1.29 is 4.74 Å². The van der Waals surface area contributed by atoms with Gasteiger partial charge < -0.3 is 4.74 Å². The second-order valence-electron chi connectivity index (χ2n) is 3.48. The van der Waals surface area contributed by atoms with E-state index in [2.05, 4.69) is 9.97 Å². The van der Waals surface area contributed by atoms with E-state index in [4.69, 9.17) is 4.74 Å². The molecular formula is C11H13N3O2. The Hall–Kier alpha value is -1.75. The maximum atomic E-state index is 12.0. The second kappa shape index (κ2) is 4.85. The average molecular weight is 219 g/mol. The van der Waals surface area contributed by atoms with Gasteiger partial charge in [0.1, 0.15) is 0 Å². The zero-order valence-electron chi connectivity index (χ0n) is 9.09. The van der Waals surface area contributed by atoms with E-state index in [1.807, 2.05) is 0 Å². The van der Waals surface area contributed by atoms with Gasteiger partial charge >= 0.3 is 0 Å². The summed E-state index contributed by atoms with van der Waals surface area (Å²) in [4.78, 5) is 20.1. The van der Waals surface area contributed by atoms with Gasteiger partial charge in [0.25, 0.3) is 5.56 Å². The number of nitrogens with zero attached hydrogens (tertiary/aromatic N) is 3. The van der Waals surface area contributed by atoms with Crippen molar-refractivity contribution in [2.75, 3.05) is 13.7 Å². The number of pyridine rings is 1. The minimum Gasteiger partial charge on any atom is -0.385 e. The van der Waals surface area contributed by atoms with Crippen LogP contribution in [0.4, 0.5) is 0 Å². The van der Waals surface area contributed by atoms with Crippen LogP contribution in [-0.2, 0) is 11.3 Å². The highest BCUT2D eigenvalue weighted by atomic mass is 16.5. The van der Waals surface area contributed by atoms with Crippen LogP contribution in [-0.4, -0.2) is 28.3 Å². The van der Waals surface area contributed by atoms with Gasteiger partial charge in [-0.25, -0.2) is 4.98 Å². The molecular weight excluding hydrogens is 206 g/mol.